The summed E-state index contributed by atoms with van der Waals surface area (Å²) in [5, 5.41) is 55.6. The van der Waals surface area contributed by atoms with Crippen LogP contribution in [0.15, 0.2) is 160 Å². The van der Waals surface area contributed by atoms with Crippen molar-refractivity contribution in [3.63, 3.8) is 0 Å². The molecule has 16 rings (SSSR count). The zero-order valence-electron chi connectivity index (χ0n) is 78.4. The molecule has 0 aromatic heterocycles. The number of benzene rings is 5. The number of piperazine rings is 3. The van der Waals surface area contributed by atoms with Gasteiger partial charge in [0.05, 0.1) is 50.8 Å². The first-order valence-corrected chi connectivity index (χ1v) is 48.3. The number of methoxy groups -OCH3 is 2. The Labute approximate surface area is 871 Å². The second-order valence-corrected chi connectivity index (χ2v) is 36.7. The second kappa shape index (κ2) is 55.4. The van der Waals surface area contributed by atoms with Crippen LogP contribution in [0.5, 0.6) is 0 Å². The maximum Gasteiger partial charge on any atom is 0.407 e. The number of esters is 4. The number of hydrogen-bond acceptors (Lipinski definition) is 28. The minimum atomic E-state index is -1.17. The van der Waals surface area contributed by atoms with Gasteiger partial charge in [0.2, 0.25) is 23.6 Å². The number of rotatable bonds is 28. The molecule has 5 aromatic rings. The van der Waals surface area contributed by atoms with Gasteiger partial charge in [-0.2, -0.15) is 0 Å². The summed E-state index contributed by atoms with van der Waals surface area (Å²) in [6.45, 7) is 18.7. The first kappa shape index (κ1) is 123. The van der Waals surface area contributed by atoms with E-state index in [9.17, 15) is 77.0 Å². The van der Waals surface area contributed by atoms with Gasteiger partial charge in [-0.3, -0.25) is 38.5 Å². The summed E-state index contributed by atoms with van der Waals surface area (Å²) in [5.41, 5.74) is 5.19. The van der Waals surface area contributed by atoms with Crippen LogP contribution in [0.4, 0.5) is 14.4 Å². The molecule has 0 saturated carbocycles. The van der Waals surface area contributed by atoms with E-state index < -0.39 is 137 Å². The molecule has 41 heteroatoms. The number of aliphatic hydroxyl groups excluding tert-OH is 2. The summed E-state index contributed by atoms with van der Waals surface area (Å²) in [6.07, 6.45) is 3.55. The fourth-order valence-corrected chi connectivity index (χ4v) is 21.0. The molecule has 11 N–H and O–H groups in total. The Morgan fingerprint density at radius 2 is 0.869 bits per heavy atom. The van der Waals surface area contributed by atoms with Crippen LogP contribution < -0.4 is 37.2 Å². The van der Waals surface area contributed by atoms with Gasteiger partial charge in [-0.05, 0) is 69.3 Å². The number of alkyl carbamates (subject to hydrolysis) is 2. The van der Waals surface area contributed by atoms with Crippen LogP contribution in [0.3, 0.4) is 0 Å². The number of aliphatic carboxylic acids is 2. The van der Waals surface area contributed by atoms with Crippen molar-refractivity contribution in [3.8, 4) is 22.3 Å². The monoisotopic (exact) mass is 2380 g/mol. The molecule has 0 bridgehead atoms. The van der Waals surface area contributed by atoms with E-state index in [1.54, 1.807) is 18.7 Å². The number of fused-ring (bicyclic) bond motifs is 9. The Bertz CT molecular complexity index is 5340. The molecule has 15 atom stereocenters. The molecule has 1 unspecified atom stereocenters. The van der Waals surface area contributed by atoms with Crippen molar-refractivity contribution in [1.29, 1.82) is 0 Å². The van der Waals surface area contributed by atoms with Crippen molar-refractivity contribution in [2.24, 2.45) is 6.99 Å². The third-order valence-corrected chi connectivity index (χ3v) is 29.1. The maximum absolute atomic E-state index is 13.2. The van der Waals surface area contributed by atoms with Gasteiger partial charge in [-0.25, -0.2) is 19.2 Å². The average Bonchev–Trinajstić information content (AvgIpc) is 1.59. The molecule has 5 aromatic carbocycles. The first-order chi connectivity index (χ1) is 66.6. The predicted octanol–water partition coefficient (Wildman–Crippen LogP) is 9.95. The number of carboxylic acids is 2. The van der Waals surface area contributed by atoms with Gasteiger partial charge in [-0.15, -0.1) is 0 Å². The molecule has 0 radical (unpaired) electrons. The zero-order valence-corrected chi connectivity index (χ0v) is 82.9. The molecule has 9 heterocycles. The van der Waals surface area contributed by atoms with Gasteiger partial charge in [0.1, 0.15) is 61.2 Å². The number of aliphatic hydroxyl groups is 2. The Morgan fingerprint density at radius 1 is 0.469 bits per heavy atom. The molecular formula is C104H145N13O26Pt2. The van der Waals surface area contributed by atoms with Crippen molar-refractivity contribution in [3.05, 3.63) is 181 Å². The smallest absolute Gasteiger partial charge is 0.407 e. The quantitative estimate of drug-likeness (QED) is 0.0126. The topological polar surface area (TPSA) is 523 Å². The molecule has 11 aliphatic rings. The van der Waals surface area contributed by atoms with E-state index in [0.717, 1.165) is 69.5 Å². The number of nitrogens with one attached hydrogen (secondary N) is 7. The van der Waals surface area contributed by atoms with Crippen LogP contribution in [0.25, 0.3) is 22.3 Å². The number of carboxylic acid groups (broad SMARTS) is 2. The molecule has 9 aliphatic heterocycles. The molecule has 9 amide bonds. The summed E-state index contributed by atoms with van der Waals surface area (Å²) in [7, 11) is 2.70. The number of carbonyl (C=O) groups is 15. The Kier molecular flexibility index (Phi) is 47.1. The molecular weight excluding hydrogens is 2240 g/mol. The number of likely N-dealkylation sites (tertiary alicyclic amines) is 1. The maximum atomic E-state index is 13.2. The van der Waals surface area contributed by atoms with Gasteiger partial charge in [0.15, 0.2) is 0 Å². The van der Waals surface area contributed by atoms with E-state index in [1.165, 1.54) is 41.1 Å². The fraction of sp³-hybridized carbons (Fsp3) is 0.529. The number of ether oxygens (including phenoxy) is 7. The van der Waals surface area contributed by atoms with Crippen LogP contribution in [-0.4, -0.2) is 298 Å². The summed E-state index contributed by atoms with van der Waals surface area (Å²) >= 11 is 3.87. The minimum Gasteiger partial charge on any atom is -0.481 e. The van der Waals surface area contributed by atoms with Crippen LogP contribution in [0, 0.1) is 0 Å². The molecule has 9 saturated heterocycles. The largest absolute Gasteiger partial charge is 0.481 e. The number of hydrogen-bond donors (Lipinski definition) is 11. The van der Waals surface area contributed by atoms with Crippen LogP contribution in [0.2, 0.25) is 0 Å². The molecule has 39 nitrogen and oxygen atoms in total. The Balaban J connectivity index is 0.000000319. The van der Waals surface area contributed by atoms with Gasteiger partial charge in [-0.1, -0.05) is 205 Å². The third-order valence-electron chi connectivity index (χ3n) is 27.4. The minimum absolute atomic E-state index is 0. The molecule has 145 heavy (non-hydrogen) atoms. The normalized spacial score (nSPS) is 25.6. The zero-order chi connectivity index (χ0) is 101. The molecule has 2 aliphatic carbocycles. The van der Waals surface area contributed by atoms with Crippen LogP contribution in [-0.2, 0) is 137 Å². The SMILES string of the molecule is C.C.C.C.C.C.C=CCOC(=O)C[C@@H]1NC(=O)[C@]2(CC)C[C@H](NC(=O)OCC3c4ccccc4-c4ccccc43)CN2C1=O.C=CCOC(=O)C[C@@H]1NC(=O)[C@]2(CC)C[C@H]([N]=[Pt])CN2C1=O.CCC1(C(=O)OC)C[C@@H](O)CN1C(=O)OCc1ccccc1.CC[C@@]1(C(=O)OC)C[C@H]([N]=[Pt])CN1.CC[C@@]12C[C@H](NC(=O)OCC3c4ccccc4-c4ccccc43)CN1C(=O)[C@H](CC(=O)O)NC2=O.O=C(O)[C@@H]1C[C@@H](O)CN1. The molecule has 0 spiro atoms. The van der Waals surface area contributed by atoms with Crippen molar-refractivity contribution in [2.75, 3.05) is 79.9 Å². The van der Waals surface area contributed by atoms with Crippen molar-refractivity contribution >= 4 is 89.5 Å². The number of carbonyl (C=O) groups excluding carboxylic acids is 13. The number of β-amino-alcohol motifs (C(OH)–C–C–N with tert-alkyl or cyclic N) is 2. The van der Waals surface area contributed by atoms with Crippen molar-refractivity contribution in [2.45, 2.75) is 276 Å². The van der Waals surface area contributed by atoms with Crippen molar-refractivity contribution in [1.82, 2.24) is 56.8 Å². The fourth-order valence-electron chi connectivity index (χ4n) is 20.2. The van der Waals surface area contributed by atoms with E-state index in [0.29, 0.717) is 51.6 Å². The summed E-state index contributed by atoms with van der Waals surface area (Å²) in [6, 6.07) is 37.3. The summed E-state index contributed by atoms with van der Waals surface area (Å²) in [4.78, 5) is 190. The van der Waals surface area contributed by atoms with E-state index in [-0.39, 0.29) is 189 Å². The predicted molar refractivity (Wildman–Crippen MR) is 531 cm³/mol. The van der Waals surface area contributed by atoms with Crippen molar-refractivity contribution < 1.29 is 165 Å². The van der Waals surface area contributed by atoms with E-state index >= 15 is 0 Å². The second-order valence-electron chi connectivity index (χ2n) is 35.5. The Hall–Kier alpha value is -12.2. The summed E-state index contributed by atoms with van der Waals surface area (Å²) in [5.74, 6) is -5.98. The molecule has 9 fully saturated rings. The van der Waals surface area contributed by atoms with Gasteiger partial charge >= 0.3 is 271 Å². The molecule has 802 valence electrons. The van der Waals surface area contributed by atoms with E-state index in [2.05, 4.69) is 93.8 Å². The summed E-state index contributed by atoms with van der Waals surface area (Å²) < 4.78 is 44.4. The van der Waals surface area contributed by atoms with Crippen LogP contribution >= 0.6 is 0 Å². The van der Waals surface area contributed by atoms with E-state index in [4.69, 9.17) is 48.5 Å². The van der Waals surface area contributed by atoms with Gasteiger partial charge in [0.25, 0.3) is 0 Å². The Morgan fingerprint density at radius 3 is 1.22 bits per heavy atom. The van der Waals surface area contributed by atoms with Gasteiger partial charge in [0, 0.05) is 57.2 Å². The standard InChI is InChI=1S/C29H31N3O6.C26H27N3O6.C16H21NO5.C14H19N3O4.C8H14N2O2.C5H9NO3.6CH4.2Pt/c1-3-13-37-25(33)14-24-26(34)32-16-18(15-29(32,4-2)27(35)31-24)30-28(36)38-17-23-21-11-7-5-9-19(21)20-10-6-8-12-22(20)23;1-2-26-12-15(13-29(26)23(32)21(11-22(30)31)28-24(26)33)27-25(34)35-14-20-18-9-5-3-7-16(18)17-8-4-6-10-19(17)20;1-3-16(14(19)21-2)9-13(18)10-17(16)15(20)22-11-12-7-5-4-6-8-12;1-3-5-21-11(18)6-10-12(19)17-8-9(15)7-14(17,4-2)13(20)16-10;1-3-8(7(11)12-2)4-6(9)5-10-8;7-3-1-4(5(8)9)6-2-3;;;;;;;;/h3,5-12,18,23-24H,1,4,13-17H2,2H3,(H,30,36)(H,31,35);3-10,15,20-21H,2,11-14H2,1H3,(H,27,34)(H,28,33)(H,30,31);4-8,13,18H,3,9-11H2,1-2H3;3,9-10H,1,4-8H2,2H3,(H,16,20);6,10H,3-5H2,1-2H3;3-4,6-7H,1-2H2,(H,8,9);6*1H4;;/t18-,24-,29-;15-,21-,26-;13-,16?;9-,10-,14-;6-,8-;3-,4+;;;;;;;;/m001001......../s1. The number of amides is 9. The van der Waals surface area contributed by atoms with E-state index in [1.807, 2.05) is 151 Å². The third kappa shape index (κ3) is 27.6. The number of nitrogens with zero attached hydrogens (tertiary/aromatic N) is 6. The van der Waals surface area contributed by atoms with Gasteiger partial charge < -0.3 is 80.5 Å². The first-order valence-electron chi connectivity index (χ1n) is 46.3. The average molecular weight is 2380 g/mol. The van der Waals surface area contributed by atoms with Crippen LogP contribution in [0.1, 0.15) is 209 Å².